The number of aliphatic carboxylic acids is 1. The first-order valence-electron chi connectivity index (χ1n) is 6.12. The Bertz CT molecular complexity index is 590. The van der Waals surface area contributed by atoms with Crippen LogP contribution in [0, 0.1) is 10.1 Å². The van der Waals surface area contributed by atoms with E-state index in [-0.39, 0.29) is 31.0 Å². The summed E-state index contributed by atoms with van der Waals surface area (Å²) < 4.78 is 0. The first kappa shape index (κ1) is 14.6. The van der Waals surface area contributed by atoms with Gasteiger partial charge < -0.3 is 20.0 Å². The zero-order valence-electron chi connectivity index (χ0n) is 10.9. The van der Waals surface area contributed by atoms with Gasteiger partial charge in [0.25, 0.3) is 5.69 Å². The van der Waals surface area contributed by atoms with E-state index in [1.165, 1.54) is 23.1 Å². The van der Waals surface area contributed by atoms with E-state index in [9.17, 15) is 24.8 Å². The lowest BCUT2D eigenvalue weighted by Crippen LogP contribution is -2.57. The molecule has 1 atom stereocenters. The number of nitro groups is 1. The monoisotopic (exact) mass is 295 g/mol. The molecule has 1 aromatic rings. The number of hydrogen-bond donors (Lipinski definition) is 2. The second kappa shape index (κ2) is 5.65. The predicted octanol–water partition coefficient (Wildman–Crippen LogP) is 0.848. The Hall–Kier alpha value is -2.84. The van der Waals surface area contributed by atoms with Crippen LogP contribution in [0.1, 0.15) is 0 Å². The third-order valence-corrected chi connectivity index (χ3v) is 3.32. The molecule has 0 unspecified atom stereocenters. The average Bonchev–Trinajstić information content (AvgIpc) is 2.46. The van der Waals surface area contributed by atoms with Crippen molar-refractivity contribution in [2.24, 2.45) is 0 Å². The van der Waals surface area contributed by atoms with Gasteiger partial charge in [0.15, 0.2) is 0 Å². The van der Waals surface area contributed by atoms with Gasteiger partial charge in [-0.2, -0.15) is 0 Å². The number of piperazine rings is 1. The van der Waals surface area contributed by atoms with Crippen molar-refractivity contribution < 1.29 is 24.7 Å². The van der Waals surface area contributed by atoms with Crippen LogP contribution in [0.25, 0.3) is 0 Å². The number of benzene rings is 1. The Morgan fingerprint density at radius 3 is 2.48 bits per heavy atom. The van der Waals surface area contributed by atoms with E-state index in [4.69, 9.17) is 5.11 Å². The molecule has 1 heterocycles. The largest absolute Gasteiger partial charge is 0.480 e. The summed E-state index contributed by atoms with van der Waals surface area (Å²) in [5.41, 5.74) is -0.0209. The van der Waals surface area contributed by atoms with Crippen LogP contribution in [-0.4, -0.2) is 57.8 Å². The van der Waals surface area contributed by atoms with Crippen LogP contribution in [0.4, 0.5) is 16.2 Å². The van der Waals surface area contributed by atoms with Gasteiger partial charge in [-0.3, -0.25) is 10.1 Å². The number of nitrogens with zero attached hydrogens (tertiary/aromatic N) is 3. The zero-order valence-corrected chi connectivity index (χ0v) is 10.9. The highest BCUT2D eigenvalue weighted by molar-refractivity contribution is 5.82. The molecule has 0 bridgehead atoms. The second-order valence-corrected chi connectivity index (χ2v) is 4.52. The molecule has 2 N–H and O–H groups in total. The minimum atomic E-state index is -1.22. The fourth-order valence-electron chi connectivity index (χ4n) is 2.32. The number of para-hydroxylation sites is 2. The van der Waals surface area contributed by atoms with E-state index in [1.54, 1.807) is 6.07 Å². The third kappa shape index (κ3) is 2.86. The fourth-order valence-corrected chi connectivity index (χ4v) is 2.32. The SMILES string of the molecule is O=C(O)[C@@H]1CN(C(=O)O)CCN1c1ccccc1[N+](=O)[O-]. The molecule has 1 aromatic carbocycles. The number of rotatable bonds is 3. The Balaban J connectivity index is 2.37. The third-order valence-electron chi connectivity index (χ3n) is 3.32. The highest BCUT2D eigenvalue weighted by Gasteiger charge is 2.36. The molecule has 0 aliphatic carbocycles. The molecule has 21 heavy (non-hydrogen) atoms. The van der Waals surface area contributed by atoms with Crippen molar-refractivity contribution in [3.8, 4) is 0 Å². The van der Waals surface area contributed by atoms with Crippen molar-refractivity contribution in [2.45, 2.75) is 6.04 Å². The molecule has 9 heteroatoms. The van der Waals surface area contributed by atoms with E-state index < -0.39 is 23.0 Å². The van der Waals surface area contributed by atoms with Crippen LogP contribution in [-0.2, 0) is 4.79 Å². The normalized spacial score (nSPS) is 18.4. The lowest BCUT2D eigenvalue weighted by molar-refractivity contribution is -0.384. The molecule has 9 nitrogen and oxygen atoms in total. The first-order valence-corrected chi connectivity index (χ1v) is 6.12. The van der Waals surface area contributed by atoms with Crippen LogP contribution < -0.4 is 4.90 Å². The number of amides is 1. The fraction of sp³-hybridized carbons (Fsp3) is 0.333. The van der Waals surface area contributed by atoms with Crippen LogP contribution >= 0.6 is 0 Å². The summed E-state index contributed by atoms with van der Waals surface area (Å²) in [7, 11) is 0. The molecule has 1 amide bonds. The van der Waals surface area contributed by atoms with Crippen molar-refractivity contribution in [3.63, 3.8) is 0 Å². The predicted molar refractivity (Wildman–Crippen MR) is 71.5 cm³/mol. The molecule has 0 spiro atoms. The highest BCUT2D eigenvalue weighted by Crippen LogP contribution is 2.30. The molecule has 0 saturated carbocycles. The van der Waals surface area contributed by atoms with Crippen molar-refractivity contribution >= 4 is 23.4 Å². The lowest BCUT2D eigenvalue weighted by Gasteiger charge is -2.39. The van der Waals surface area contributed by atoms with Crippen molar-refractivity contribution in [2.75, 3.05) is 24.5 Å². The van der Waals surface area contributed by atoms with E-state index in [1.807, 2.05) is 0 Å². The highest BCUT2D eigenvalue weighted by atomic mass is 16.6. The van der Waals surface area contributed by atoms with E-state index in [2.05, 4.69) is 0 Å². The molecule has 0 radical (unpaired) electrons. The Labute approximate surface area is 119 Å². The number of carboxylic acid groups (broad SMARTS) is 2. The van der Waals surface area contributed by atoms with Gasteiger partial charge in [-0.1, -0.05) is 12.1 Å². The smallest absolute Gasteiger partial charge is 0.407 e. The van der Waals surface area contributed by atoms with E-state index >= 15 is 0 Å². The summed E-state index contributed by atoms with van der Waals surface area (Å²) in [6.07, 6.45) is -1.21. The topological polar surface area (TPSA) is 124 Å². The van der Waals surface area contributed by atoms with Crippen molar-refractivity contribution in [1.82, 2.24) is 4.90 Å². The van der Waals surface area contributed by atoms with Crippen LogP contribution in [0.3, 0.4) is 0 Å². The molecule has 1 fully saturated rings. The van der Waals surface area contributed by atoms with Crippen LogP contribution in [0.5, 0.6) is 0 Å². The average molecular weight is 295 g/mol. The van der Waals surface area contributed by atoms with Gasteiger partial charge in [0, 0.05) is 19.2 Å². The summed E-state index contributed by atoms with van der Waals surface area (Å²) >= 11 is 0. The van der Waals surface area contributed by atoms with Gasteiger partial charge in [0.05, 0.1) is 11.5 Å². The quantitative estimate of drug-likeness (QED) is 0.625. The number of nitro benzene ring substituents is 1. The number of hydrogen-bond acceptors (Lipinski definition) is 5. The minimum Gasteiger partial charge on any atom is -0.480 e. The van der Waals surface area contributed by atoms with Crippen LogP contribution in [0.15, 0.2) is 24.3 Å². The number of anilines is 1. The standard InChI is InChI=1S/C12H13N3O6/c16-11(17)10-7-13(12(18)19)5-6-14(10)8-3-1-2-4-9(8)15(20)21/h1-4,10H,5-7H2,(H,16,17)(H,18,19)/t10-/m0/s1. The zero-order chi connectivity index (χ0) is 15.6. The second-order valence-electron chi connectivity index (χ2n) is 4.52. The molecular weight excluding hydrogens is 282 g/mol. The maximum absolute atomic E-state index is 11.4. The summed E-state index contributed by atoms with van der Waals surface area (Å²) in [5.74, 6) is -1.22. The Morgan fingerprint density at radius 1 is 1.24 bits per heavy atom. The molecular formula is C12H13N3O6. The van der Waals surface area contributed by atoms with Crippen LogP contribution in [0.2, 0.25) is 0 Å². The van der Waals surface area contributed by atoms with Gasteiger partial charge in [0.1, 0.15) is 11.7 Å². The van der Waals surface area contributed by atoms with Crippen molar-refractivity contribution in [3.05, 3.63) is 34.4 Å². The number of carbonyl (C=O) groups is 2. The van der Waals surface area contributed by atoms with E-state index in [0.717, 1.165) is 4.90 Å². The summed E-state index contributed by atoms with van der Waals surface area (Å²) in [6, 6.07) is 4.66. The van der Waals surface area contributed by atoms with Gasteiger partial charge in [-0.25, -0.2) is 9.59 Å². The van der Waals surface area contributed by atoms with Gasteiger partial charge in [0.2, 0.25) is 0 Å². The molecule has 112 valence electrons. The number of carboxylic acids is 1. The van der Waals surface area contributed by atoms with Gasteiger partial charge in [-0.15, -0.1) is 0 Å². The summed E-state index contributed by atoms with van der Waals surface area (Å²) in [4.78, 5) is 35.1. The van der Waals surface area contributed by atoms with Gasteiger partial charge in [-0.05, 0) is 6.07 Å². The molecule has 1 saturated heterocycles. The minimum absolute atomic E-state index is 0.0775. The first-order chi connectivity index (χ1) is 9.91. The molecule has 2 rings (SSSR count). The molecule has 0 aromatic heterocycles. The Kier molecular flexibility index (Phi) is 3.92. The van der Waals surface area contributed by atoms with E-state index in [0.29, 0.717) is 0 Å². The Morgan fingerprint density at radius 2 is 1.90 bits per heavy atom. The van der Waals surface area contributed by atoms with Gasteiger partial charge >= 0.3 is 12.1 Å². The molecule has 1 aliphatic heterocycles. The molecule has 1 aliphatic rings. The summed E-state index contributed by atoms with van der Waals surface area (Å²) in [6.45, 7) is -0.0734. The maximum Gasteiger partial charge on any atom is 0.407 e. The maximum atomic E-state index is 11.4. The summed E-state index contributed by atoms with van der Waals surface area (Å²) in [5, 5.41) is 29.3. The lowest BCUT2D eigenvalue weighted by atomic mass is 10.1. The van der Waals surface area contributed by atoms with Crippen molar-refractivity contribution in [1.29, 1.82) is 0 Å².